The van der Waals surface area contributed by atoms with Crippen LogP contribution < -0.4 is 16.4 Å². The highest BCUT2D eigenvalue weighted by Crippen LogP contribution is 2.18. The first-order chi connectivity index (χ1) is 9.10. The number of amides is 3. The van der Waals surface area contributed by atoms with Crippen molar-refractivity contribution in [3.8, 4) is 0 Å². The smallest absolute Gasteiger partial charge is 0.321 e. The van der Waals surface area contributed by atoms with E-state index in [0.717, 1.165) is 12.8 Å². The Morgan fingerprint density at radius 3 is 2.79 bits per heavy atom. The number of nitrogens with zero attached hydrogens (tertiary/aromatic N) is 3. The maximum absolute atomic E-state index is 11.5. The van der Waals surface area contributed by atoms with Crippen molar-refractivity contribution in [3.05, 3.63) is 5.82 Å². The number of nitrogens with one attached hydrogen (secondary N) is 2. The molecule has 0 saturated heterocycles. The Bertz CT molecular complexity index is 484. The number of imide groups is 1. The lowest BCUT2D eigenvalue weighted by Crippen LogP contribution is -2.41. The van der Waals surface area contributed by atoms with Crippen LogP contribution in [-0.2, 0) is 18.4 Å². The van der Waals surface area contributed by atoms with Crippen LogP contribution in [0.3, 0.4) is 0 Å². The Morgan fingerprint density at radius 2 is 2.21 bits per heavy atom. The number of hydrogen-bond acceptors (Lipinski definition) is 6. The van der Waals surface area contributed by atoms with Crippen LogP contribution in [0.15, 0.2) is 5.16 Å². The summed E-state index contributed by atoms with van der Waals surface area (Å²) in [5.74, 6) is 0.393. The van der Waals surface area contributed by atoms with Crippen molar-refractivity contribution in [1.29, 1.82) is 0 Å². The molecule has 0 unspecified atom stereocenters. The number of hydrogen-bond donors (Lipinski definition) is 3. The molecular formula is C10H16N6O2S. The number of rotatable bonds is 5. The predicted octanol–water partition coefficient (Wildman–Crippen LogP) is -0.646. The minimum atomic E-state index is -0.436. The van der Waals surface area contributed by atoms with Gasteiger partial charge < -0.3 is 15.6 Å². The molecular weight excluding hydrogens is 268 g/mol. The summed E-state index contributed by atoms with van der Waals surface area (Å²) in [6.07, 6.45) is 1.97. The van der Waals surface area contributed by atoms with E-state index in [-0.39, 0.29) is 17.7 Å². The second-order valence-electron chi connectivity index (χ2n) is 4.25. The zero-order valence-corrected chi connectivity index (χ0v) is 11.4. The topological polar surface area (TPSA) is 115 Å². The average Bonchev–Trinajstić information content (AvgIpc) is 3.09. The van der Waals surface area contributed by atoms with E-state index >= 15 is 0 Å². The Balaban J connectivity index is 1.75. The van der Waals surface area contributed by atoms with E-state index in [4.69, 9.17) is 5.73 Å². The number of carbonyl (C=O) groups excluding carboxylic acids is 2. The van der Waals surface area contributed by atoms with Crippen LogP contribution in [-0.4, -0.2) is 38.5 Å². The summed E-state index contributed by atoms with van der Waals surface area (Å²) >= 11 is 1.21. The molecule has 0 bridgehead atoms. The molecule has 2 rings (SSSR count). The fourth-order valence-electron chi connectivity index (χ4n) is 1.39. The highest BCUT2D eigenvalue weighted by Gasteiger charge is 2.23. The van der Waals surface area contributed by atoms with Crippen LogP contribution in [0.5, 0.6) is 0 Å². The fourth-order valence-corrected chi connectivity index (χ4v) is 2.12. The van der Waals surface area contributed by atoms with E-state index in [1.165, 1.54) is 11.8 Å². The largest absolute Gasteiger partial charge is 0.335 e. The number of carbonyl (C=O) groups is 2. The molecule has 0 aromatic carbocycles. The van der Waals surface area contributed by atoms with Gasteiger partial charge in [-0.05, 0) is 12.8 Å². The number of urea groups is 1. The highest BCUT2D eigenvalue weighted by atomic mass is 32.2. The van der Waals surface area contributed by atoms with Gasteiger partial charge in [0.15, 0.2) is 5.16 Å². The van der Waals surface area contributed by atoms with Gasteiger partial charge in [-0.2, -0.15) is 0 Å². The van der Waals surface area contributed by atoms with Gasteiger partial charge in [-0.1, -0.05) is 11.8 Å². The van der Waals surface area contributed by atoms with Crippen molar-refractivity contribution in [1.82, 2.24) is 25.4 Å². The second kappa shape index (κ2) is 6.02. The molecule has 0 aliphatic heterocycles. The molecule has 8 nitrogen and oxygen atoms in total. The maximum atomic E-state index is 11.5. The molecule has 19 heavy (non-hydrogen) atoms. The van der Waals surface area contributed by atoms with Crippen LogP contribution in [0.4, 0.5) is 4.79 Å². The molecule has 104 valence electrons. The van der Waals surface area contributed by atoms with Gasteiger partial charge in [-0.15, -0.1) is 10.2 Å². The predicted molar refractivity (Wildman–Crippen MR) is 69.3 cm³/mol. The maximum Gasteiger partial charge on any atom is 0.321 e. The minimum absolute atomic E-state index is 0.106. The lowest BCUT2D eigenvalue weighted by Gasteiger charge is -2.05. The van der Waals surface area contributed by atoms with E-state index in [1.54, 1.807) is 11.6 Å². The van der Waals surface area contributed by atoms with Gasteiger partial charge in [-0.3, -0.25) is 10.1 Å². The minimum Gasteiger partial charge on any atom is -0.335 e. The van der Waals surface area contributed by atoms with Crippen molar-refractivity contribution >= 4 is 23.7 Å². The van der Waals surface area contributed by atoms with E-state index in [2.05, 4.69) is 20.8 Å². The van der Waals surface area contributed by atoms with Crippen molar-refractivity contribution in [3.63, 3.8) is 0 Å². The molecule has 3 amide bonds. The van der Waals surface area contributed by atoms with Crippen LogP contribution in [0, 0.1) is 0 Å². The van der Waals surface area contributed by atoms with Crippen molar-refractivity contribution < 1.29 is 9.59 Å². The third-order valence-electron chi connectivity index (χ3n) is 2.61. The van der Waals surface area contributed by atoms with E-state index in [0.29, 0.717) is 17.5 Å². The zero-order valence-electron chi connectivity index (χ0n) is 10.5. The molecule has 1 fully saturated rings. The molecule has 1 saturated carbocycles. The summed E-state index contributed by atoms with van der Waals surface area (Å²) in [5.41, 5.74) is 5.47. The number of thioether (sulfide) groups is 1. The van der Waals surface area contributed by atoms with Gasteiger partial charge in [0.1, 0.15) is 5.82 Å². The fraction of sp³-hybridized carbons (Fsp3) is 0.600. The van der Waals surface area contributed by atoms with E-state index < -0.39 is 6.03 Å². The molecule has 0 spiro atoms. The van der Waals surface area contributed by atoms with Gasteiger partial charge in [0.05, 0.1) is 12.3 Å². The summed E-state index contributed by atoms with van der Waals surface area (Å²) in [5, 5.41) is 13.3. The summed E-state index contributed by atoms with van der Waals surface area (Å²) < 4.78 is 1.72. The SMILES string of the molecule is Cn1c(CN)nnc1SCC(=O)NC(=O)NC1CC1. The molecule has 1 aromatic heterocycles. The van der Waals surface area contributed by atoms with Crippen molar-refractivity contribution in [2.75, 3.05) is 5.75 Å². The summed E-state index contributed by atoms with van der Waals surface area (Å²) in [4.78, 5) is 22.9. The van der Waals surface area contributed by atoms with Gasteiger partial charge in [0, 0.05) is 13.1 Å². The normalized spacial score (nSPS) is 14.2. The van der Waals surface area contributed by atoms with E-state index in [1.807, 2.05) is 0 Å². The van der Waals surface area contributed by atoms with Gasteiger partial charge in [0.2, 0.25) is 5.91 Å². The Kier molecular flexibility index (Phi) is 4.38. The molecule has 1 heterocycles. The third kappa shape index (κ3) is 3.93. The molecule has 1 aliphatic carbocycles. The highest BCUT2D eigenvalue weighted by molar-refractivity contribution is 7.99. The summed E-state index contributed by atoms with van der Waals surface area (Å²) in [7, 11) is 1.78. The average molecular weight is 284 g/mol. The first-order valence-electron chi connectivity index (χ1n) is 5.91. The zero-order chi connectivity index (χ0) is 13.8. The van der Waals surface area contributed by atoms with Crippen LogP contribution in [0.25, 0.3) is 0 Å². The molecule has 1 aromatic rings. The number of nitrogens with two attached hydrogens (primary N) is 1. The van der Waals surface area contributed by atoms with Gasteiger partial charge >= 0.3 is 6.03 Å². The standard InChI is InChI=1S/C10H16N6O2S/c1-16-7(4-11)14-15-10(16)19-5-8(17)13-9(18)12-6-2-3-6/h6H,2-5,11H2,1H3,(H2,12,13,17,18). The molecule has 0 atom stereocenters. The van der Waals surface area contributed by atoms with Gasteiger partial charge in [-0.25, -0.2) is 4.79 Å². The van der Waals surface area contributed by atoms with Crippen molar-refractivity contribution in [2.45, 2.75) is 30.6 Å². The first-order valence-corrected chi connectivity index (χ1v) is 6.90. The monoisotopic (exact) mass is 284 g/mol. The molecule has 4 N–H and O–H groups in total. The lowest BCUT2D eigenvalue weighted by atomic mass is 10.6. The Morgan fingerprint density at radius 1 is 1.47 bits per heavy atom. The van der Waals surface area contributed by atoms with Crippen LogP contribution in [0.1, 0.15) is 18.7 Å². The third-order valence-corrected chi connectivity index (χ3v) is 3.63. The second-order valence-corrected chi connectivity index (χ2v) is 5.19. The van der Waals surface area contributed by atoms with Crippen LogP contribution >= 0.6 is 11.8 Å². The Hall–Kier alpha value is -1.61. The van der Waals surface area contributed by atoms with Gasteiger partial charge in [0.25, 0.3) is 0 Å². The number of aromatic nitrogens is 3. The van der Waals surface area contributed by atoms with E-state index in [9.17, 15) is 9.59 Å². The van der Waals surface area contributed by atoms with Crippen molar-refractivity contribution in [2.24, 2.45) is 12.8 Å². The molecule has 1 aliphatic rings. The first kappa shape index (κ1) is 13.8. The molecule has 0 radical (unpaired) electrons. The molecule has 9 heteroatoms. The summed E-state index contributed by atoms with van der Waals surface area (Å²) in [6, 6.07) is -0.208. The summed E-state index contributed by atoms with van der Waals surface area (Å²) in [6.45, 7) is 0.292. The lowest BCUT2D eigenvalue weighted by molar-refractivity contribution is -0.117. The quantitative estimate of drug-likeness (QED) is 0.619. The van der Waals surface area contributed by atoms with Crippen LogP contribution in [0.2, 0.25) is 0 Å². The Labute approximate surface area is 114 Å².